The molecule has 2 aliphatic rings. The van der Waals surface area contributed by atoms with Crippen LogP contribution in [0.1, 0.15) is 19.5 Å². The molecule has 20 nitrogen and oxygen atoms in total. The van der Waals surface area contributed by atoms with Gasteiger partial charge in [0.15, 0.2) is 16.6 Å². The summed E-state index contributed by atoms with van der Waals surface area (Å²) >= 11 is 1.06. The normalized spacial score (nSPS) is 20.8. The number of carboxylic acid groups (broad SMARTS) is 1. The van der Waals surface area contributed by atoms with Crippen molar-refractivity contribution in [3.05, 3.63) is 28.2 Å². The van der Waals surface area contributed by atoms with E-state index < -0.39 is 87.8 Å². The number of amidine groups is 1. The van der Waals surface area contributed by atoms with Crippen molar-refractivity contribution in [3.63, 3.8) is 0 Å². The highest BCUT2D eigenvalue weighted by Crippen LogP contribution is 2.24. The second kappa shape index (κ2) is 12.1. The number of nitrogens with zero attached hydrogens (tertiary/aromatic N) is 4. The zero-order chi connectivity index (χ0) is 31.6. The van der Waals surface area contributed by atoms with Crippen molar-refractivity contribution in [3.8, 4) is 5.75 Å². The van der Waals surface area contributed by atoms with E-state index >= 15 is 0 Å². The van der Waals surface area contributed by atoms with Crippen molar-refractivity contribution in [1.29, 1.82) is 0 Å². The van der Waals surface area contributed by atoms with Gasteiger partial charge in [0.25, 0.3) is 11.8 Å². The smallest absolute Gasteiger partial charge is 0.362 e. The van der Waals surface area contributed by atoms with Crippen LogP contribution >= 0.6 is 11.8 Å². The number of carbonyl (C=O) groups is 4. The number of rotatable bonds is 11. The number of β-lactam (4-membered cyclic amide) rings is 1. The van der Waals surface area contributed by atoms with Gasteiger partial charge in [-0.05, 0) is 13.8 Å². The number of urea groups is 1. The molecule has 1 aromatic rings. The predicted octanol–water partition coefficient (Wildman–Crippen LogP) is -3.25. The highest BCUT2D eigenvalue weighted by atomic mass is 32.2. The summed E-state index contributed by atoms with van der Waals surface area (Å²) in [7, 11) is -5.13. The van der Waals surface area contributed by atoms with Gasteiger partial charge in [-0.2, -0.15) is 13.1 Å². The van der Waals surface area contributed by atoms with E-state index in [2.05, 4.69) is 26.1 Å². The van der Waals surface area contributed by atoms with Gasteiger partial charge in [0.2, 0.25) is 11.0 Å². The largest absolute Gasteiger partial charge is 0.503 e. The molecular formula is C20H26N8O12S2. The lowest BCUT2D eigenvalue weighted by atomic mass is 9.98. The average Bonchev–Trinajstić information content (AvgIpc) is 3.30. The first kappa shape index (κ1) is 32.0. The lowest BCUT2D eigenvalue weighted by molar-refractivity contribution is -0.161. The number of amides is 4. The number of thioether (sulfide) groups is 1. The van der Waals surface area contributed by atoms with Crippen LogP contribution < -0.4 is 27.1 Å². The van der Waals surface area contributed by atoms with E-state index in [0.717, 1.165) is 31.7 Å². The maximum atomic E-state index is 13.1. The fourth-order valence-corrected chi connectivity index (χ4v) is 5.12. The third-order valence-corrected chi connectivity index (χ3v) is 7.63. The van der Waals surface area contributed by atoms with E-state index in [1.54, 1.807) is 0 Å². The van der Waals surface area contributed by atoms with Crippen LogP contribution in [0.3, 0.4) is 0 Å². The number of aromatic hydroxyl groups is 1. The number of aromatic nitrogens is 1. The molecule has 42 heavy (non-hydrogen) atoms. The molecule has 1 aromatic heterocycles. The molecule has 0 aromatic carbocycles. The number of pyridine rings is 1. The van der Waals surface area contributed by atoms with E-state index in [1.807, 2.05) is 0 Å². The van der Waals surface area contributed by atoms with Gasteiger partial charge in [-0.1, -0.05) is 16.9 Å². The first-order chi connectivity index (χ1) is 19.4. The number of carboxylic acids is 1. The van der Waals surface area contributed by atoms with Gasteiger partial charge in [0.1, 0.15) is 12.1 Å². The first-order valence-corrected chi connectivity index (χ1v) is 14.0. The molecule has 0 aliphatic carbocycles. The van der Waals surface area contributed by atoms with Crippen molar-refractivity contribution >= 4 is 56.8 Å². The minimum atomic E-state index is -5.13. The second-order valence-electron chi connectivity index (χ2n) is 9.23. The summed E-state index contributed by atoms with van der Waals surface area (Å²) < 4.78 is 33.4. The Balaban J connectivity index is 1.74. The van der Waals surface area contributed by atoms with Crippen molar-refractivity contribution in [2.45, 2.75) is 44.1 Å². The molecule has 2 aliphatic heterocycles. The van der Waals surface area contributed by atoms with E-state index in [-0.39, 0.29) is 20.9 Å². The Morgan fingerprint density at radius 1 is 1.29 bits per heavy atom. The average molecular weight is 635 g/mol. The van der Waals surface area contributed by atoms with E-state index in [4.69, 9.17) is 10.6 Å². The molecule has 4 amide bonds. The topological polar surface area (TPSA) is 305 Å². The summed E-state index contributed by atoms with van der Waals surface area (Å²) in [5.74, 6) is -4.41. The molecule has 3 heterocycles. The molecule has 0 spiro atoms. The quantitative estimate of drug-likeness (QED) is 0.0390. The van der Waals surface area contributed by atoms with Crippen molar-refractivity contribution < 1.29 is 52.4 Å². The van der Waals surface area contributed by atoms with Gasteiger partial charge < -0.3 is 41.9 Å². The third-order valence-electron chi connectivity index (χ3n) is 5.80. The zero-order valence-electron chi connectivity index (χ0n) is 21.7. The summed E-state index contributed by atoms with van der Waals surface area (Å²) in [5.41, 5.74) is 2.32. The van der Waals surface area contributed by atoms with Gasteiger partial charge in [-0.25, -0.2) is 13.9 Å². The van der Waals surface area contributed by atoms with Crippen molar-refractivity contribution in [2.75, 3.05) is 12.3 Å². The number of carbonyl (C=O) groups excluding carboxylic acids is 3. The number of aliphatic imine (C=N–C) groups is 1. The second-order valence-corrected chi connectivity index (χ2v) is 11.6. The lowest BCUT2D eigenvalue weighted by Gasteiger charge is -2.44. The van der Waals surface area contributed by atoms with Gasteiger partial charge in [-0.15, -0.1) is 0 Å². The Hall–Kier alpha value is -4.57. The molecule has 1 saturated heterocycles. The van der Waals surface area contributed by atoms with E-state index in [1.165, 1.54) is 0 Å². The lowest BCUT2D eigenvalue weighted by Crippen LogP contribution is -2.75. The minimum absolute atomic E-state index is 0.0198. The molecule has 3 atom stereocenters. The fraction of sp³-hybridized carbons (Fsp3) is 0.450. The number of nitrogens with two attached hydrogens (primary N) is 1. The first-order valence-electron chi connectivity index (χ1n) is 11.6. The molecule has 1 fully saturated rings. The van der Waals surface area contributed by atoms with Gasteiger partial charge in [-0.3, -0.25) is 23.9 Å². The van der Waals surface area contributed by atoms with Crippen molar-refractivity contribution in [1.82, 2.24) is 25.0 Å². The van der Waals surface area contributed by atoms with Crippen LogP contribution in [0.25, 0.3) is 0 Å². The van der Waals surface area contributed by atoms with Crippen LogP contribution in [-0.4, -0.2) is 108 Å². The molecule has 1 unspecified atom stereocenters. The SMILES string of the molecule is CC(C)(O/N=C(\C(=O)N[C@@H]1C(=O)N(S(=O)(=O)O)[C@@H]1CNC(=O)NCc1cc(=O)c(O)cn1O)C1CSC(N)=N1)C(=O)O. The summed E-state index contributed by atoms with van der Waals surface area (Å²) in [6, 6.07) is -4.30. The van der Waals surface area contributed by atoms with Gasteiger partial charge in [0, 0.05) is 18.4 Å². The molecule has 0 radical (unpaired) electrons. The molecule has 0 saturated carbocycles. The van der Waals surface area contributed by atoms with Gasteiger partial charge in [0.05, 0.1) is 24.5 Å². The van der Waals surface area contributed by atoms with Crippen LogP contribution in [0.15, 0.2) is 27.2 Å². The molecule has 9 N–H and O–H groups in total. The number of nitrogens with one attached hydrogen (secondary N) is 3. The van der Waals surface area contributed by atoms with E-state index in [0.29, 0.717) is 10.9 Å². The zero-order valence-corrected chi connectivity index (χ0v) is 23.4. The van der Waals surface area contributed by atoms with E-state index in [9.17, 15) is 52.4 Å². The Morgan fingerprint density at radius 3 is 2.52 bits per heavy atom. The summed E-state index contributed by atoms with van der Waals surface area (Å²) in [6.07, 6.45) is 0.698. The third kappa shape index (κ3) is 7.19. The minimum Gasteiger partial charge on any atom is -0.503 e. The van der Waals surface area contributed by atoms with Crippen molar-refractivity contribution in [2.24, 2.45) is 15.9 Å². The summed E-state index contributed by atoms with van der Waals surface area (Å²) in [4.78, 5) is 69.9. The van der Waals surface area contributed by atoms with Gasteiger partial charge >= 0.3 is 22.3 Å². The van der Waals surface area contributed by atoms with Crippen LogP contribution in [0.4, 0.5) is 4.79 Å². The predicted molar refractivity (Wildman–Crippen MR) is 142 cm³/mol. The number of hydrogen-bond acceptors (Lipinski definition) is 14. The van der Waals surface area contributed by atoms with Crippen LogP contribution in [0, 0.1) is 0 Å². The number of hydrogen-bond donors (Lipinski definition) is 8. The molecular weight excluding hydrogens is 608 g/mol. The number of aliphatic carboxylic acids is 1. The summed E-state index contributed by atoms with van der Waals surface area (Å²) in [5, 5.41) is 38.7. The highest BCUT2D eigenvalue weighted by Gasteiger charge is 2.54. The Morgan fingerprint density at radius 2 is 1.95 bits per heavy atom. The van der Waals surface area contributed by atoms with Crippen LogP contribution in [0.5, 0.6) is 5.75 Å². The Labute approximate surface area is 240 Å². The maximum Gasteiger partial charge on any atom is 0.362 e. The fourth-order valence-electron chi connectivity index (χ4n) is 3.48. The number of oxime groups is 1. The van der Waals surface area contributed by atoms with Crippen LogP contribution in [0.2, 0.25) is 0 Å². The monoisotopic (exact) mass is 634 g/mol. The van der Waals surface area contributed by atoms with Crippen LogP contribution in [-0.2, 0) is 36.1 Å². The Bertz CT molecular complexity index is 1520. The maximum absolute atomic E-state index is 13.1. The molecule has 22 heteroatoms. The molecule has 3 rings (SSSR count). The molecule has 0 bridgehead atoms. The molecule has 230 valence electrons. The summed E-state index contributed by atoms with van der Waals surface area (Å²) in [6.45, 7) is 1.24. The standard InChI is InChI=1S/C20H26N8O12S2/c1-20(2,17(33)34)40-26-13(9-7-41-18(21)24-9)15(31)25-14-10(28(16(14)32)42(37,38)39)5-23-19(35)22-4-8-3-11(29)12(30)6-27(8)36/h3,6,9-10,14,30,36H,4-5,7H2,1-2H3,(H2,21,24)(H,25,31)(H,33,34)(H2,22,23,35)(H,37,38,39)/b26-13-/t9?,10-,14+/m1/s1. The highest BCUT2D eigenvalue weighted by molar-refractivity contribution is 8.14. The Kier molecular flexibility index (Phi) is 9.22.